The van der Waals surface area contributed by atoms with Crippen LogP contribution < -0.4 is 20.5 Å². The van der Waals surface area contributed by atoms with E-state index in [1.807, 2.05) is 36.4 Å². The fraction of sp³-hybridized carbons (Fsp3) is 0.222. The number of nitrogens with zero attached hydrogens (tertiary/aromatic N) is 1. The van der Waals surface area contributed by atoms with Gasteiger partial charge in [-0.1, -0.05) is 24.3 Å². The Morgan fingerprint density at radius 3 is 2.59 bits per heavy atom. The van der Waals surface area contributed by atoms with Crippen LogP contribution in [0, 0.1) is 0 Å². The molecule has 1 heterocycles. The van der Waals surface area contributed by atoms with Gasteiger partial charge >= 0.3 is 0 Å². The first kappa shape index (κ1) is 14.3. The monoisotopic (exact) mass is 295 g/mol. The van der Waals surface area contributed by atoms with Gasteiger partial charge in [0.1, 0.15) is 0 Å². The van der Waals surface area contributed by atoms with Gasteiger partial charge in [-0.25, -0.2) is 0 Å². The van der Waals surface area contributed by atoms with E-state index in [1.165, 1.54) is 0 Å². The van der Waals surface area contributed by atoms with E-state index >= 15 is 0 Å². The Balaban J connectivity index is 2.05. The first-order chi connectivity index (χ1) is 10.7. The maximum atomic E-state index is 11.8. The molecule has 0 atom stereocenters. The van der Waals surface area contributed by atoms with E-state index in [0.717, 1.165) is 23.5 Å². The molecule has 0 amide bonds. The third-order valence-corrected chi connectivity index (χ3v) is 3.77. The number of ether oxygens (including phenoxy) is 1. The minimum absolute atomic E-state index is 0.184. The molecule has 4 heteroatoms. The van der Waals surface area contributed by atoms with Crippen LogP contribution in [0.5, 0.6) is 5.75 Å². The zero-order valence-corrected chi connectivity index (χ0v) is 12.6. The number of likely N-dealkylation sites (N-methyl/N-ethyl adjacent to an activating group) is 1. The Morgan fingerprint density at radius 1 is 1.09 bits per heavy atom. The third-order valence-electron chi connectivity index (χ3n) is 3.77. The summed E-state index contributed by atoms with van der Waals surface area (Å²) in [5, 5.41) is 0. The Hall–Kier alpha value is -2.62. The minimum Gasteiger partial charge on any atom is -0.489 e. The van der Waals surface area contributed by atoms with Crippen LogP contribution in [-0.4, -0.2) is 13.2 Å². The van der Waals surface area contributed by atoms with Gasteiger partial charge in [0.05, 0.1) is 12.2 Å². The Morgan fingerprint density at radius 2 is 1.86 bits per heavy atom. The molecule has 0 spiro atoms. The molecule has 0 unspecified atom stereocenters. The number of para-hydroxylation sites is 1. The average molecular weight is 295 g/mol. The van der Waals surface area contributed by atoms with Crippen LogP contribution in [0.3, 0.4) is 0 Å². The van der Waals surface area contributed by atoms with E-state index in [9.17, 15) is 9.59 Å². The summed E-state index contributed by atoms with van der Waals surface area (Å²) in [6, 6.07) is 8.08. The zero-order valence-electron chi connectivity index (χ0n) is 12.6. The number of hydrogen-bond acceptors (Lipinski definition) is 4. The first-order valence-corrected chi connectivity index (χ1v) is 7.39. The molecule has 0 N–H and O–H groups in total. The summed E-state index contributed by atoms with van der Waals surface area (Å²) in [7, 11) is 0. The smallest absolute Gasteiger partial charge is 0.268 e. The van der Waals surface area contributed by atoms with Gasteiger partial charge in [-0.3, -0.25) is 9.59 Å². The van der Waals surface area contributed by atoms with Crippen LogP contribution in [0.1, 0.15) is 25.0 Å². The summed E-state index contributed by atoms with van der Waals surface area (Å²) < 4.78 is 5.28. The summed E-state index contributed by atoms with van der Waals surface area (Å²) in [6.07, 6.45) is 5.71. The van der Waals surface area contributed by atoms with Crippen molar-refractivity contribution in [2.24, 2.45) is 0 Å². The molecular weight excluding hydrogens is 278 g/mol. The maximum absolute atomic E-state index is 11.8. The highest BCUT2D eigenvalue weighted by molar-refractivity contribution is 5.80. The molecule has 1 aliphatic heterocycles. The number of fused-ring (bicyclic) bond motifs is 1. The van der Waals surface area contributed by atoms with Gasteiger partial charge in [0.15, 0.2) is 5.75 Å². The minimum atomic E-state index is -0.531. The number of anilines is 1. The largest absolute Gasteiger partial charge is 0.489 e. The Labute approximate surface area is 128 Å². The highest BCUT2D eigenvalue weighted by atomic mass is 16.5. The molecule has 2 aromatic carbocycles. The summed E-state index contributed by atoms with van der Waals surface area (Å²) >= 11 is 0. The second-order valence-electron chi connectivity index (χ2n) is 5.04. The van der Waals surface area contributed by atoms with Crippen molar-refractivity contribution < 1.29 is 4.74 Å². The number of allylic oxidation sites excluding steroid dienone is 1. The second-order valence-corrected chi connectivity index (χ2v) is 5.04. The van der Waals surface area contributed by atoms with E-state index in [1.54, 1.807) is 13.0 Å². The van der Waals surface area contributed by atoms with Crippen molar-refractivity contribution in [1.82, 2.24) is 0 Å². The van der Waals surface area contributed by atoms with Crippen LogP contribution in [0.15, 0.2) is 45.6 Å². The molecule has 2 aromatic rings. The van der Waals surface area contributed by atoms with E-state index < -0.39 is 10.9 Å². The SMILES string of the molecule is CCOc1c(/C=C2\C=Cc3ccccc3N2CC)c(=O)c1=O. The lowest BCUT2D eigenvalue weighted by Gasteiger charge is -2.29. The molecule has 0 bridgehead atoms. The van der Waals surface area contributed by atoms with Gasteiger partial charge in [-0.15, -0.1) is 0 Å². The average Bonchev–Trinajstić information content (AvgIpc) is 2.57. The summed E-state index contributed by atoms with van der Waals surface area (Å²) in [5.74, 6) is 0.184. The van der Waals surface area contributed by atoms with Crippen molar-refractivity contribution in [2.45, 2.75) is 13.8 Å². The molecule has 1 aliphatic rings. The topological polar surface area (TPSA) is 46.6 Å². The van der Waals surface area contributed by atoms with E-state index in [-0.39, 0.29) is 5.75 Å². The number of rotatable bonds is 4. The van der Waals surface area contributed by atoms with Crippen LogP contribution in [0.25, 0.3) is 12.2 Å². The molecular formula is C18H17NO3. The van der Waals surface area contributed by atoms with Gasteiger partial charge < -0.3 is 9.64 Å². The Kier molecular flexibility index (Phi) is 3.67. The third kappa shape index (κ3) is 2.17. The van der Waals surface area contributed by atoms with Gasteiger partial charge in [-0.05, 0) is 37.6 Å². The lowest BCUT2D eigenvalue weighted by Crippen LogP contribution is -2.36. The van der Waals surface area contributed by atoms with Crippen molar-refractivity contribution in [3.05, 3.63) is 67.6 Å². The molecule has 0 saturated carbocycles. The van der Waals surface area contributed by atoms with Gasteiger partial charge in [0, 0.05) is 17.9 Å². The van der Waals surface area contributed by atoms with Crippen molar-refractivity contribution in [3.63, 3.8) is 0 Å². The molecule has 112 valence electrons. The lowest BCUT2D eigenvalue weighted by atomic mass is 10.0. The van der Waals surface area contributed by atoms with Gasteiger partial charge in [0.25, 0.3) is 5.43 Å². The summed E-state index contributed by atoms with van der Waals surface area (Å²) in [5.41, 5.74) is 2.47. The van der Waals surface area contributed by atoms with Crippen LogP contribution in [0.2, 0.25) is 0 Å². The van der Waals surface area contributed by atoms with Gasteiger partial charge in [0.2, 0.25) is 5.43 Å². The summed E-state index contributed by atoms with van der Waals surface area (Å²) in [4.78, 5) is 25.5. The fourth-order valence-corrected chi connectivity index (χ4v) is 2.71. The van der Waals surface area contributed by atoms with Crippen molar-refractivity contribution in [3.8, 4) is 5.75 Å². The second kappa shape index (κ2) is 5.64. The van der Waals surface area contributed by atoms with E-state index in [0.29, 0.717) is 12.2 Å². The van der Waals surface area contributed by atoms with Gasteiger partial charge in [-0.2, -0.15) is 0 Å². The quantitative estimate of drug-likeness (QED) is 0.813. The highest BCUT2D eigenvalue weighted by Gasteiger charge is 2.23. The first-order valence-electron chi connectivity index (χ1n) is 7.39. The molecule has 0 aliphatic carbocycles. The molecule has 0 fully saturated rings. The van der Waals surface area contributed by atoms with Crippen LogP contribution >= 0.6 is 0 Å². The van der Waals surface area contributed by atoms with Crippen molar-refractivity contribution >= 4 is 17.8 Å². The normalized spacial score (nSPS) is 15.4. The van der Waals surface area contributed by atoms with Crippen LogP contribution in [0.4, 0.5) is 5.69 Å². The predicted octanol–water partition coefficient (Wildman–Crippen LogP) is 2.58. The highest BCUT2D eigenvalue weighted by Crippen LogP contribution is 2.31. The standard InChI is InChI=1S/C18H17NO3/c1-3-19-13(10-9-12-7-5-6-8-15(12)19)11-14-16(20)17(21)18(14)22-4-2/h5-11H,3-4H2,1-2H3/b13-11+. The molecule has 4 nitrogen and oxygen atoms in total. The molecule has 0 saturated heterocycles. The molecule has 0 radical (unpaired) electrons. The fourth-order valence-electron chi connectivity index (χ4n) is 2.71. The molecule has 22 heavy (non-hydrogen) atoms. The molecule has 0 aromatic heterocycles. The summed E-state index contributed by atoms with van der Waals surface area (Å²) in [6.45, 7) is 4.99. The zero-order chi connectivity index (χ0) is 15.7. The van der Waals surface area contributed by atoms with Crippen LogP contribution in [-0.2, 0) is 0 Å². The molecule has 3 rings (SSSR count). The maximum Gasteiger partial charge on any atom is 0.268 e. The van der Waals surface area contributed by atoms with E-state index in [2.05, 4.69) is 11.8 Å². The predicted molar refractivity (Wildman–Crippen MR) is 89.0 cm³/mol. The number of hydrogen-bond donors (Lipinski definition) is 0. The number of benzene rings is 1. The lowest BCUT2D eigenvalue weighted by molar-refractivity contribution is 0.332. The van der Waals surface area contributed by atoms with Crippen molar-refractivity contribution in [1.29, 1.82) is 0 Å². The van der Waals surface area contributed by atoms with E-state index in [4.69, 9.17) is 4.74 Å². The van der Waals surface area contributed by atoms with Crippen molar-refractivity contribution in [2.75, 3.05) is 18.1 Å². The Bertz CT molecular complexity index is 838.